The molecule has 106 valence electrons. The van der Waals surface area contributed by atoms with Crippen LogP contribution in [-0.4, -0.2) is 11.2 Å². The number of urea groups is 1. The number of hydrogen-bond donors (Lipinski definition) is 2. The van der Waals surface area contributed by atoms with Gasteiger partial charge in [0, 0.05) is 22.2 Å². The third-order valence-corrected chi connectivity index (χ3v) is 2.85. The minimum Gasteiger partial charge on any atom is -0.359 e. The highest BCUT2D eigenvalue weighted by molar-refractivity contribution is 6.30. The van der Waals surface area contributed by atoms with Crippen LogP contribution in [0.25, 0.3) is 0 Å². The van der Waals surface area contributed by atoms with Gasteiger partial charge < -0.3 is 9.84 Å². The van der Waals surface area contributed by atoms with Crippen LogP contribution in [0.5, 0.6) is 0 Å². The normalized spacial score (nSPS) is 11.2. The predicted octanol–water partition coefficient (Wildman–Crippen LogP) is 4.27. The number of amides is 2. The fourth-order valence-corrected chi connectivity index (χ4v) is 1.63. The van der Waals surface area contributed by atoms with Crippen molar-refractivity contribution in [1.29, 1.82) is 0 Å². The molecular formula is C14H16ClN3O2. The molecular weight excluding hydrogens is 278 g/mol. The van der Waals surface area contributed by atoms with E-state index in [2.05, 4.69) is 15.8 Å². The van der Waals surface area contributed by atoms with Crippen LogP contribution in [0.3, 0.4) is 0 Å². The smallest absolute Gasteiger partial charge is 0.324 e. The summed E-state index contributed by atoms with van der Waals surface area (Å²) in [4.78, 5) is 11.8. The fraction of sp³-hybridized carbons (Fsp3) is 0.286. The van der Waals surface area contributed by atoms with E-state index in [1.165, 1.54) is 0 Å². The van der Waals surface area contributed by atoms with Crippen LogP contribution in [0.4, 0.5) is 16.3 Å². The van der Waals surface area contributed by atoms with Gasteiger partial charge in [0.05, 0.1) is 0 Å². The predicted molar refractivity (Wildman–Crippen MR) is 79.3 cm³/mol. The summed E-state index contributed by atoms with van der Waals surface area (Å²) in [6, 6.07) is 8.15. The van der Waals surface area contributed by atoms with Gasteiger partial charge in [0.25, 0.3) is 0 Å². The lowest BCUT2D eigenvalue weighted by Crippen LogP contribution is -2.19. The lowest BCUT2D eigenvalue weighted by atomic mass is 9.93. The number of benzene rings is 1. The molecule has 0 aliphatic heterocycles. The Hall–Kier alpha value is -2.01. The van der Waals surface area contributed by atoms with Crippen LogP contribution in [0.2, 0.25) is 5.02 Å². The van der Waals surface area contributed by atoms with E-state index in [4.69, 9.17) is 16.1 Å². The lowest BCUT2D eigenvalue weighted by molar-refractivity contribution is 0.262. The molecule has 0 aliphatic rings. The second kappa shape index (κ2) is 5.54. The van der Waals surface area contributed by atoms with Gasteiger partial charge in [-0.15, -0.1) is 0 Å². The van der Waals surface area contributed by atoms with Gasteiger partial charge in [0.1, 0.15) is 5.76 Å². The molecule has 5 nitrogen and oxygen atoms in total. The highest BCUT2D eigenvalue weighted by Gasteiger charge is 2.20. The molecule has 0 saturated carbocycles. The summed E-state index contributed by atoms with van der Waals surface area (Å²) in [5, 5.41) is 9.71. The topological polar surface area (TPSA) is 67.2 Å². The van der Waals surface area contributed by atoms with Crippen molar-refractivity contribution in [3.63, 3.8) is 0 Å². The van der Waals surface area contributed by atoms with E-state index in [1.54, 1.807) is 30.3 Å². The van der Waals surface area contributed by atoms with Gasteiger partial charge in [0.2, 0.25) is 0 Å². The Morgan fingerprint density at radius 1 is 1.20 bits per heavy atom. The standard InChI is InChI=1S/C14H16ClN3O2/c1-14(2,3)11-8-12(18-20-11)17-13(19)16-10-6-4-9(15)5-7-10/h4-8H,1-3H3,(H2,16,17,18,19). The molecule has 20 heavy (non-hydrogen) atoms. The average molecular weight is 294 g/mol. The minimum atomic E-state index is -0.388. The number of nitrogens with zero attached hydrogens (tertiary/aromatic N) is 1. The van der Waals surface area contributed by atoms with E-state index < -0.39 is 0 Å². The Morgan fingerprint density at radius 2 is 1.85 bits per heavy atom. The zero-order chi connectivity index (χ0) is 14.8. The maximum Gasteiger partial charge on any atom is 0.324 e. The van der Waals surface area contributed by atoms with Crippen LogP contribution >= 0.6 is 11.6 Å². The van der Waals surface area contributed by atoms with Crippen LogP contribution in [0.1, 0.15) is 26.5 Å². The molecule has 0 atom stereocenters. The van der Waals surface area contributed by atoms with Gasteiger partial charge in [-0.3, -0.25) is 5.32 Å². The Bertz CT molecular complexity index is 600. The van der Waals surface area contributed by atoms with Crippen molar-refractivity contribution in [2.75, 3.05) is 10.6 Å². The number of anilines is 2. The van der Waals surface area contributed by atoms with E-state index in [-0.39, 0.29) is 11.4 Å². The van der Waals surface area contributed by atoms with Crippen molar-refractivity contribution in [3.8, 4) is 0 Å². The van der Waals surface area contributed by atoms with Crippen LogP contribution in [-0.2, 0) is 5.41 Å². The molecule has 0 fully saturated rings. The van der Waals surface area contributed by atoms with Gasteiger partial charge in [-0.2, -0.15) is 0 Å². The lowest BCUT2D eigenvalue weighted by Gasteiger charge is -2.12. The van der Waals surface area contributed by atoms with E-state index in [1.807, 2.05) is 20.8 Å². The van der Waals surface area contributed by atoms with Gasteiger partial charge in [-0.25, -0.2) is 4.79 Å². The molecule has 0 spiro atoms. The Labute approximate surface area is 122 Å². The van der Waals surface area contributed by atoms with Gasteiger partial charge >= 0.3 is 6.03 Å². The fourth-order valence-electron chi connectivity index (χ4n) is 1.50. The maximum atomic E-state index is 11.8. The molecule has 1 heterocycles. The summed E-state index contributed by atoms with van der Waals surface area (Å²) in [5.74, 6) is 1.08. The first-order chi connectivity index (χ1) is 9.34. The van der Waals surface area contributed by atoms with E-state index in [0.29, 0.717) is 22.3 Å². The van der Waals surface area contributed by atoms with E-state index >= 15 is 0 Å². The van der Waals surface area contributed by atoms with Gasteiger partial charge in [-0.05, 0) is 24.3 Å². The number of nitrogens with one attached hydrogen (secondary N) is 2. The van der Waals surface area contributed by atoms with Crippen LogP contribution < -0.4 is 10.6 Å². The van der Waals surface area contributed by atoms with Crippen LogP contribution in [0.15, 0.2) is 34.9 Å². The van der Waals surface area contributed by atoms with Gasteiger partial charge in [0.15, 0.2) is 5.82 Å². The molecule has 0 aliphatic carbocycles. The van der Waals surface area contributed by atoms with E-state index in [0.717, 1.165) is 0 Å². The summed E-state index contributed by atoms with van der Waals surface area (Å²) >= 11 is 5.77. The number of aromatic nitrogens is 1. The number of halogens is 1. The summed E-state index contributed by atoms with van der Waals surface area (Å²) < 4.78 is 5.19. The van der Waals surface area contributed by atoms with Crippen LogP contribution in [0, 0.1) is 0 Å². The molecule has 0 bridgehead atoms. The molecule has 0 saturated heterocycles. The van der Waals surface area contributed by atoms with Crippen molar-refractivity contribution in [2.24, 2.45) is 0 Å². The molecule has 0 radical (unpaired) electrons. The molecule has 0 unspecified atom stereocenters. The van der Waals surface area contributed by atoms with Crippen molar-refractivity contribution in [1.82, 2.24) is 5.16 Å². The Morgan fingerprint density at radius 3 is 2.40 bits per heavy atom. The maximum absolute atomic E-state index is 11.8. The zero-order valence-corrected chi connectivity index (χ0v) is 12.3. The van der Waals surface area contributed by atoms with E-state index in [9.17, 15) is 4.79 Å². The number of carbonyl (C=O) groups excluding carboxylic acids is 1. The summed E-state index contributed by atoms with van der Waals surface area (Å²) in [7, 11) is 0. The van der Waals surface area contributed by atoms with Crippen molar-refractivity contribution in [3.05, 3.63) is 41.1 Å². The molecule has 2 amide bonds. The third kappa shape index (κ3) is 3.74. The SMILES string of the molecule is CC(C)(C)c1cc(NC(=O)Nc2ccc(Cl)cc2)no1. The van der Waals surface area contributed by atoms with Crippen molar-refractivity contribution < 1.29 is 9.32 Å². The number of hydrogen-bond acceptors (Lipinski definition) is 3. The second-order valence-electron chi connectivity index (χ2n) is 5.41. The first-order valence-corrected chi connectivity index (χ1v) is 6.53. The number of carbonyl (C=O) groups is 1. The molecule has 2 N–H and O–H groups in total. The summed E-state index contributed by atoms with van der Waals surface area (Å²) in [6.45, 7) is 6.02. The summed E-state index contributed by atoms with van der Waals surface area (Å²) in [6.07, 6.45) is 0. The van der Waals surface area contributed by atoms with Crippen molar-refractivity contribution >= 4 is 29.1 Å². The Kier molecular flexibility index (Phi) is 3.99. The molecule has 2 rings (SSSR count). The largest absolute Gasteiger partial charge is 0.359 e. The highest BCUT2D eigenvalue weighted by Crippen LogP contribution is 2.24. The third-order valence-electron chi connectivity index (χ3n) is 2.59. The first kappa shape index (κ1) is 14.4. The quantitative estimate of drug-likeness (QED) is 0.869. The minimum absolute atomic E-state index is 0.153. The highest BCUT2D eigenvalue weighted by atomic mass is 35.5. The first-order valence-electron chi connectivity index (χ1n) is 6.15. The zero-order valence-electron chi connectivity index (χ0n) is 11.5. The van der Waals surface area contributed by atoms with Crippen molar-refractivity contribution in [2.45, 2.75) is 26.2 Å². The second-order valence-corrected chi connectivity index (χ2v) is 5.85. The Balaban J connectivity index is 1.98. The molecule has 2 aromatic rings. The molecule has 1 aromatic carbocycles. The molecule has 6 heteroatoms. The number of rotatable bonds is 2. The molecule has 1 aromatic heterocycles. The average Bonchev–Trinajstić information content (AvgIpc) is 2.80. The van der Waals surface area contributed by atoms with Gasteiger partial charge in [-0.1, -0.05) is 37.5 Å². The summed E-state index contributed by atoms with van der Waals surface area (Å²) in [5.41, 5.74) is 0.492. The monoisotopic (exact) mass is 293 g/mol.